The molecule has 0 aromatic rings. The number of hydrogen-bond donors (Lipinski definition) is 1. The van der Waals surface area contributed by atoms with Crippen LogP contribution < -0.4 is 5.32 Å². The van der Waals surface area contributed by atoms with Gasteiger partial charge >= 0.3 is 0 Å². The summed E-state index contributed by atoms with van der Waals surface area (Å²) in [5.74, 6) is 1.94. The molecule has 4 atom stereocenters. The highest BCUT2D eigenvalue weighted by Gasteiger charge is 2.34. The second-order valence-electron chi connectivity index (χ2n) is 5.23. The molecule has 0 heterocycles. The Kier molecular flexibility index (Phi) is 5.07. The van der Waals surface area contributed by atoms with E-state index in [1.165, 1.54) is 19.4 Å². The number of hydrogen-bond acceptors (Lipinski definition) is 2. The maximum atomic E-state index is 3.58. The predicted molar refractivity (Wildman–Crippen MR) is 67.1 cm³/mol. The Morgan fingerprint density at radius 3 is 2.40 bits per heavy atom. The van der Waals surface area contributed by atoms with Crippen LogP contribution in [0.1, 0.15) is 40.5 Å². The van der Waals surface area contributed by atoms with Crippen molar-refractivity contribution in [1.82, 2.24) is 10.2 Å². The smallest absolute Gasteiger partial charge is 0.0218 e. The first-order chi connectivity index (χ1) is 7.10. The fourth-order valence-electron chi connectivity index (χ4n) is 2.42. The zero-order valence-electron chi connectivity index (χ0n) is 11.1. The van der Waals surface area contributed by atoms with Crippen molar-refractivity contribution in [3.63, 3.8) is 0 Å². The van der Waals surface area contributed by atoms with E-state index in [1.807, 2.05) is 0 Å². The minimum absolute atomic E-state index is 0.647. The maximum absolute atomic E-state index is 3.58. The van der Waals surface area contributed by atoms with Crippen molar-refractivity contribution in [2.45, 2.75) is 52.6 Å². The van der Waals surface area contributed by atoms with Crippen molar-refractivity contribution in [3.8, 4) is 0 Å². The zero-order chi connectivity index (χ0) is 11.4. The molecule has 15 heavy (non-hydrogen) atoms. The van der Waals surface area contributed by atoms with Crippen molar-refractivity contribution in [3.05, 3.63) is 0 Å². The van der Waals surface area contributed by atoms with Crippen LogP contribution in [-0.4, -0.2) is 37.1 Å². The summed E-state index contributed by atoms with van der Waals surface area (Å²) in [6.07, 6.45) is 2.66. The van der Waals surface area contributed by atoms with Crippen LogP contribution >= 0.6 is 0 Å². The Morgan fingerprint density at radius 1 is 1.40 bits per heavy atom. The molecule has 0 aromatic heterocycles. The maximum Gasteiger partial charge on any atom is 0.0218 e. The first-order valence-corrected chi connectivity index (χ1v) is 6.53. The molecule has 0 spiro atoms. The Hall–Kier alpha value is -0.0800. The van der Waals surface area contributed by atoms with E-state index in [-0.39, 0.29) is 0 Å². The van der Waals surface area contributed by atoms with Gasteiger partial charge in [0, 0.05) is 18.6 Å². The molecule has 1 aliphatic carbocycles. The highest BCUT2D eigenvalue weighted by atomic mass is 15.2. The molecule has 0 bridgehead atoms. The summed E-state index contributed by atoms with van der Waals surface area (Å²) in [7, 11) is 2.27. The van der Waals surface area contributed by atoms with Gasteiger partial charge in [0.2, 0.25) is 0 Å². The Morgan fingerprint density at radius 2 is 2.00 bits per heavy atom. The lowest BCUT2D eigenvalue weighted by Gasteiger charge is -2.32. The topological polar surface area (TPSA) is 15.3 Å². The van der Waals surface area contributed by atoms with Crippen LogP contribution in [0.3, 0.4) is 0 Å². The molecule has 1 rings (SSSR count). The van der Waals surface area contributed by atoms with Crippen LogP contribution in [0.25, 0.3) is 0 Å². The molecule has 1 N–H and O–H groups in total. The average Bonchev–Trinajstić information content (AvgIpc) is 2.89. The molecule has 0 aliphatic heterocycles. The van der Waals surface area contributed by atoms with Gasteiger partial charge in [0.25, 0.3) is 0 Å². The van der Waals surface area contributed by atoms with Gasteiger partial charge in [-0.15, -0.1) is 0 Å². The highest BCUT2D eigenvalue weighted by Crippen LogP contribution is 2.38. The Labute approximate surface area is 95.4 Å². The molecule has 4 unspecified atom stereocenters. The molecule has 0 amide bonds. The highest BCUT2D eigenvalue weighted by molar-refractivity contribution is 4.87. The van der Waals surface area contributed by atoms with Gasteiger partial charge in [-0.3, -0.25) is 0 Å². The second kappa shape index (κ2) is 5.86. The van der Waals surface area contributed by atoms with E-state index in [0.717, 1.165) is 18.4 Å². The van der Waals surface area contributed by atoms with Crippen LogP contribution in [-0.2, 0) is 0 Å². The molecule has 2 nitrogen and oxygen atoms in total. The SMILES string of the molecule is CCNC(CC)C(C)N(C)CC1CC1C. The first kappa shape index (κ1) is 13.0. The standard InChI is InChI=1S/C13H28N2/c1-6-13(14-7-2)11(4)15(5)9-12-8-10(12)3/h10-14H,6-9H2,1-5H3. The van der Waals surface area contributed by atoms with Gasteiger partial charge in [-0.2, -0.15) is 0 Å². The van der Waals surface area contributed by atoms with Crippen molar-refractivity contribution in [1.29, 1.82) is 0 Å². The largest absolute Gasteiger partial charge is 0.313 e. The molecule has 0 radical (unpaired) electrons. The molecular formula is C13H28N2. The van der Waals surface area contributed by atoms with Gasteiger partial charge in [-0.05, 0) is 45.2 Å². The Balaban J connectivity index is 2.32. The van der Waals surface area contributed by atoms with E-state index in [1.54, 1.807) is 0 Å². The van der Waals surface area contributed by atoms with Gasteiger partial charge in [0.1, 0.15) is 0 Å². The van der Waals surface area contributed by atoms with Gasteiger partial charge in [-0.25, -0.2) is 0 Å². The molecule has 1 saturated carbocycles. The molecule has 0 saturated heterocycles. The first-order valence-electron chi connectivity index (χ1n) is 6.53. The van der Waals surface area contributed by atoms with Crippen LogP contribution in [0.4, 0.5) is 0 Å². The van der Waals surface area contributed by atoms with Crippen molar-refractivity contribution < 1.29 is 0 Å². The monoisotopic (exact) mass is 212 g/mol. The lowest BCUT2D eigenvalue weighted by molar-refractivity contribution is 0.194. The lowest BCUT2D eigenvalue weighted by atomic mass is 10.1. The summed E-state index contributed by atoms with van der Waals surface area (Å²) in [5, 5.41) is 3.58. The van der Waals surface area contributed by atoms with Gasteiger partial charge in [0.15, 0.2) is 0 Å². The minimum atomic E-state index is 0.647. The van der Waals surface area contributed by atoms with Crippen molar-refractivity contribution >= 4 is 0 Å². The fraction of sp³-hybridized carbons (Fsp3) is 1.00. The third kappa shape index (κ3) is 3.76. The molecule has 1 aliphatic rings. The molecule has 1 fully saturated rings. The van der Waals surface area contributed by atoms with Crippen molar-refractivity contribution in [2.75, 3.05) is 20.1 Å². The second-order valence-corrected chi connectivity index (χ2v) is 5.23. The van der Waals surface area contributed by atoms with E-state index in [2.05, 4.69) is 45.0 Å². The average molecular weight is 212 g/mol. The van der Waals surface area contributed by atoms with E-state index in [9.17, 15) is 0 Å². The summed E-state index contributed by atoms with van der Waals surface area (Å²) >= 11 is 0. The third-order valence-electron chi connectivity index (χ3n) is 3.98. The molecular weight excluding hydrogens is 184 g/mol. The fourth-order valence-corrected chi connectivity index (χ4v) is 2.42. The minimum Gasteiger partial charge on any atom is -0.313 e. The number of nitrogens with zero attached hydrogens (tertiary/aromatic N) is 1. The molecule has 0 aromatic carbocycles. The summed E-state index contributed by atoms with van der Waals surface area (Å²) in [4.78, 5) is 2.53. The van der Waals surface area contributed by atoms with Gasteiger partial charge < -0.3 is 10.2 Å². The van der Waals surface area contributed by atoms with Gasteiger partial charge in [-0.1, -0.05) is 20.8 Å². The van der Waals surface area contributed by atoms with Gasteiger partial charge in [0.05, 0.1) is 0 Å². The summed E-state index contributed by atoms with van der Waals surface area (Å²) in [5.41, 5.74) is 0. The van der Waals surface area contributed by atoms with Crippen LogP contribution in [0, 0.1) is 11.8 Å². The third-order valence-corrected chi connectivity index (χ3v) is 3.98. The van der Waals surface area contributed by atoms with E-state index < -0.39 is 0 Å². The van der Waals surface area contributed by atoms with E-state index in [0.29, 0.717) is 12.1 Å². The zero-order valence-corrected chi connectivity index (χ0v) is 11.1. The number of likely N-dealkylation sites (N-methyl/N-ethyl adjacent to an activating group) is 2. The number of nitrogens with one attached hydrogen (secondary N) is 1. The predicted octanol–water partition coefficient (Wildman–Crippen LogP) is 2.35. The van der Waals surface area contributed by atoms with E-state index in [4.69, 9.17) is 0 Å². The quantitative estimate of drug-likeness (QED) is 0.697. The van der Waals surface area contributed by atoms with Crippen LogP contribution in [0.2, 0.25) is 0 Å². The molecule has 90 valence electrons. The van der Waals surface area contributed by atoms with Crippen LogP contribution in [0.5, 0.6) is 0 Å². The van der Waals surface area contributed by atoms with Crippen molar-refractivity contribution in [2.24, 2.45) is 11.8 Å². The lowest BCUT2D eigenvalue weighted by Crippen LogP contribution is -2.47. The summed E-state index contributed by atoms with van der Waals surface area (Å²) in [6.45, 7) is 11.5. The molecule has 2 heteroatoms. The number of rotatable bonds is 7. The summed E-state index contributed by atoms with van der Waals surface area (Å²) in [6, 6.07) is 1.30. The summed E-state index contributed by atoms with van der Waals surface area (Å²) < 4.78 is 0. The normalized spacial score (nSPS) is 29.2. The van der Waals surface area contributed by atoms with E-state index >= 15 is 0 Å². The Bertz CT molecular complexity index is 181. The van der Waals surface area contributed by atoms with Crippen LogP contribution in [0.15, 0.2) is 0 Å².